The fourth-order valence-corrected chi connectivity index (χ4v) is 1.91. The Bertz CT molecular complexity index is 331. The van der Waals surface area contributed by atoms with Crippen LogP contribution in [-0.2, 0) is 6.42 Å². The minimum atomic E-state index is 0.523. The lowest BCUT2D eigenvalue weighted by atomic mass is 10.1. The quantitative estimate of drug-likeness (QED) is 0.532. The van der Waals surface area contributed by atoms with E-state index in [0.717, 1.165) is 38.2 Å². The van der Waals surface area contributed by atoms with Gasteiger partial charge >= 0.3 is 0 Å². The zero-order valence-corrected chi connectivity index (χ0v) is 11.6. The maximum atomic E-state index is 5.65. The van der Waals surface area contributed by atoms with Gasteiger partial charge in [-0.1, -0.05) is 25.1 Å². The number of likely N-dealkylation sites (N-methyl/N-ethyl adjacent to an activating group) is 1. The first-order valence-electron chi connectivity index (χ1n) is 6.82. The number of hydrogen-bond donors (Lipinski definition) is 1. The summed E-state index contributed by atoms with van der Waals surface area (Å²) in [5.74, 6) is 0.957. The number of rotatable bonds is 9. The Morgan fingerprint density at radius 1 is 1.33 bits per heavy atom. The summed E-state index contributed by atoms with van der Waals surface area (Å²) in [7, 11) is 0. The Kier molecular flexibility index (Phi) is 7.19. The van der Waals surface area contributed by atoms with Crippen molar-refractivity contribution in [3.8, 4) is 5.75 Å². The van der Waals surface area contributed by atoms with Crippen molar-refractivity contribution in [3.05, 3.63) is 42.5 Å². The van der Waals surface area contributed by atoms with E-state index in [-0.39, 0.29) is 0 Å². The summed E-state index contributed by atoms with van der Waals surface area (Å²) in [6.07, 6.45) is 5.03. The van der Waals surface area contributed by atoms with E-state index in [9.17, 15) is 0 Å². The SMILES string of the molecule is C=CCCCOc1ccc(CC(C)NCC)cc1. The zero-order chi connectivity index (χ0) is 13.2. The summed E-state index contributed by atoms with van der Waals surface area (Å²) in [5.41, 5.74) is 1.35. The molecular weight excluding hydrogens is 222 g/mol. The highest BCUT2D eigenvalue weighted by Crippen LogP contribution is 2.14. The van der Waals surface area contributed by atoms with Crippen molar-refractivity contribution >= 4 is 0 Å². The maximum absolute atomic E-state index is 5.65. The van der Waals surface area contributed by atoms with Gasteiger partial charge in [0.1, 0.15) is 5.75 Å². The van der Waals surface area contributed by atoms with Crippen LogP contribution < -0.4 is 10.1 Å². The van der Waals surface area contributed by atoms with Gasteiger partial charge in [-0.25, -0.2) is 0 Å². The number of hydrogen-bond acceptors (Lipinski definition) is 2. The van der Waals surface area contributed by atoms with E-state index in [4.69, 9.17) is 4.74 Å². The van der Waals surface area contributed by atoms with Gasteiger partial charge < -0.3 is 10.1 Å². The van der Waals surface area contributed by atoms with Crippen LogP contribution in [0.1, 0.15) is 32.3 Å². The van der Waals surface area contributed by atoms with E-state index < -0.39 is 0 Å². The molecule has 2 heteroatoms. The van der Waals surface area contributed by atoms with E-state index in [1.807, 2.05) is 6.08 Å². The minimum absolute atomic E-state index is 0.523. The van der Waals surface area contributed by atoms with Crippen LogP contribution in [0.25, 0.3) is 0 Å². The highest BCUT2D eigenvalue weighted by molar-refractivity contribution is 5.27. The van der Waals surface area contributed by atoms with Crippen molar-refractivity contribution in [1.29, 1.82) is 0 Å². The van der Waals surface area contributed by atoms with Crippen molar-refractivity contribution in [3.63, 3.8) is 0 Å². The van der Waals surface area contributed by atoms with Crippen molar-refractivity contribution in [1.82, 2.24) is 5.32 Å². The predicted octanol–water partition coefficient (Wildman–Crippen LogP) is 3.57. The summed E-state index contributed by atoms with van der Waals surface area (Å²) in [4.78, 5) is 0. The molecule has 0 aromatic heterocycles. The van der Waals surface area contributed by atoms with Crippen LogP contribution >= 0.6 is 0 Å². The Labute approximate surface area is 111 Å². The summed E-state index contributed by atoms with van der Waals surface area (Å²) >= 11 is 0. The third-order valence-electron chi connectivity index (χ3n) is 2.84. The number of allylic oxidation sites excluding steroid dienone is 1. The Morgan fingerprint density at radius 2 is 2.06 bits per heavy atom. The van der Waals surface area contributed by atoms with E-state index in [2.05, 4.69) is 50.0 Å². The van der Waals surface area contributed by atoms with Crippen molar-refractivity contribution in [2.75, 3.05) is 13.2 Å². The Balaban J connectivity index is 2.35. The number of ether oxygens (including phenoxy) is 1. The predicted molar refractivity (Wildman–Crippen MR) is 78.2 cm³/mol. The third kappa shape index (κ3) is 5.87. The molecule has 1 aromatic carbocycles. The molecule has 0 saturated carbocycles. The van der Waals surface area contributed by atoms with Gasteiger partial charge in [-0.2, -0.15) is 0 Å². The van der Waals surface area contributed by atoms with Crippen LogP contribution in [-0.4, -0.2) is 19.2 Å². The standard InChI is InChI=1S/C16H25NO/c1-4-6-7-12-18-16-10-8-15(9-11-16)13-14(3)17-5-2/h4,8-11,14,17H,1,5-7,12-13H2,2-3H3. The van der Waals surface area contributed by atoms with Crippen molar-refractivity contribution in [2.45, 2.75) is 39.2 Å². The first-order valence-corrected chi connectivity index (χ1v) is 6.82. The van der Waals surface area contributed by atoms with Gasteiger partial charge in [0.2, 0.25) is 0 Å². The highest BCUT2D eigenvalue weighted by Gasteiger charge is 2.02. The molecule has 0 bridgehead atoms. The molecule has 2 nitrogen and oxygen atoms in total. The molecule has 0 aliphatic rings. The van der Waals surface area contributed by atoms with Crippen LogP contribution in [0.5, 0.6) is 5.75 Å². The van der Waals surface area contributed by atoms with Crippen molar-refractivity contribution < 1.29 is 4.74 Å². The van der Waals surface area contributed by atoms with Gasteiger partial charge in [-0.15, -0.1) is 6.58 Å². The number of unbranched alkanes of at least 4 members (excludes halogenated alkanes) is 1. The van der Waals surface area contributed by atoms with Crippen LogP contribution in [0, 0.1) is 0 Å². The Morgan fingerprint density at radius 3 is 2.67 bits per heavy atom. The molecule has 0 spiro atoms. The van der Waals surface area contributed by atoms with Gasteiger partial charge in [0, 0.05) is 6.04 Å². The molecule has 100 valence electrons. The maximum Gasteiger partial charge on any atom is 0.119 e. The number of nitrogens with one attached hydrogen (secondary N) is 1. The minimum Gasteiger partial charge on any atom is -0.494 e. The molecule has 0 amide bonds. The average Bonchev–Trinajstić information content (AvgIpc) is 2.37. The molecule has 18 heavy (non-hydrogen) atoms. The zero-order valence-electron chi connectivity index (χ0n) is 11.6. The second-order valence-electron chi connectivity index (χ2n) is 4.59. The highest BCUT2D eigenvalue weighted by atomic mass is 16.5. The van der Waals surface area contributed by atoms with Gasteiger partial charge in [0.25, 0.3) is 0 Å². The first kappa shape index (κ1) is 14.8. The monoisotopic (exact) mass is 247 g/mol. The molecule has 0 aliphatic heterocycles. The summed E-state index contributed by atoms with van der Waals surface area (Å²) < 4.78 is 5.65. The molecular formula is C16H25NO. The molecule has 0 heterocycles. The molecule has 1 aromatic rings. The molecule has 1 rings (SSSR count). The lowest BCUT2D eigenvalue weighted by Gasteiger charge is -2.12. The summed E-state index contributed by atoms with van der Waals surface area (Å²) in [6.45, 7) is 9.83. The van der Waals surface area contributed by atoms with Gasteiger partial charge in [0.05, 0.1) is 6.61 Å². The molecule has 0 radical (unpaired) electrons. The summed E-state index contributed by atoms with van der Waals surface area (Å²) in [5, 5.41) is 3.42. The van der Waals surface area contributed by atoms with E-state index in [1.165, 1.54) is 5.56 Å². The van der Waals surface area contributed by atoms with Gasteiger partial charge in [-0.3, -0.25) is 0 Å². The number of benzene rings is 1. The lowest BCUT2D eigenvalue weighted by Crippen LogP contribution is -2.27. The molecule has 1 N–H and O–H groups in total. The van der Waals surface area contributed by atoms with Crippen LogP contribution in [0.4, 0.5) is 0 Å². The van der Waals surface area contributed by atoms with Crippen LogP contribution in [0.15, 0.2) is 36.9 Å². The Hall–Kier alpha value is -1.28. The fourth-order valence-electron chi connectivity index (χ4n) is 1.91. The van der Waals surface area contributed by atoms with E-state index in [1.54, 1.807) is 0 Å². The molecule has 0 aliphatic carbocycles. The summed E-state index contributed by atoms with van der Waals surface area (Å²) in [6, 6.07) is 8.94. The van der Waals surface area contributed by atoms with E-state index in [0.29, 0.717) is 6.04 Å². The van der Waals surface area contributed by atoms with Gasteiger partial charge in [0.15, 0.2) is 0 Å². The largest absolute Gasteiger partial charge is 0.494 e. The lowest BCUT2D eigenvalue weighted by molar-refractivity contribution is 0.312. The average molecular weight is 247 g/mol. The molecule has 0 saturated heterocycles. The van der Waals surface area contributed by atoms with Crippen molar-refractivity contribution in [2.24, 2.45) is 0 Å². The van der Waals surface area contributed by atoms with E-state index >= 15 is 0 Å². The molecule has 1 unspecified atom stereocenters. The smallest absolute Gasteiger partial charge is 0.119 e. The normalized spacial score (nSPS) is 12.1. The molecule has 0 fully saturated rings. The second kappa shape index (κ2) is 8.76. The van der Waals surface area contributed by atoms with Crippen LogP contribution in [0.3, 0.4) is 0 Å². The first-order chi connectivity index (χ1) is 8.76. The molecule has 1 atom stereocenters. The second-order valence-corrected chi connectivity index (χ2v) is 4.59. The van der Waals surface area contributed by atoms with Gasteiger partial charge in [-0.05, 0) is 50.4 Å². The van der Waals surface area contributed by atoms with Crippen LogP contribution in [0.2, 0.25) is 0 Å². The fraction of sp³-hybridized carbons (Fsp3) is 0.500. The third-order valence-corrected chi connectivity index (χ3v) is 2.84. The topological polar surface area (TPSA) is 21.3 Å².